The zero-order valence-electron chi connectivity index (χ0n) is 16.0. The van der Waals surface area contributed by atoms with Crippen molar-refractivity contribution in [3.8, 4) is 0 Å². The molecule has 0 amide bonds. The first-order chi connectivity index (χ1) is 12.7. The van der Waals surface area contributed by atoms with E-state index in [9.17, 15) is 0 Å². The van der Waals surface area contributed by atoms with Gasteiger partial charge in [-0.15, -0.1) is 0 Å². The van der Waals surface area contributed by atoms with E-state index in [0.29, 0.717) is 0 Å². The fourth-order valence-corrected chi connectivity index (χ4v) is 4.06. The van der Waals surface area contributed by atoms with Gasteiger partial charge in [0.15, 0.2) is 0 Å². The maximum absolute atomic E-state index is 5.01. The fraction of sp³-hybridized carbons (Fsp3) is 0.435. The van der Waals surface area contributed by atoms with E-state index in [1.54, 1.807) is 0 Å². The normalized spacial score (nSPS) is 16.1. The van der Waals surface area contributed by atoms with E-state index in [0.717, 1.165) is 18.6 Å². The summed E-state index contributed by atoms with van der Waals surface area (Å²) in [6.45, 7) is 8.64. The predicted octanol–water partition coefficient (Wildman–Crippen LogP) is 5.08. The summed E-state index contributed by atoms with van der Waals surface area (Å²) in [5.74, 6) is 1.20. The van der Waals surface area contributed by atoms with Crippen LogP contribution in [0.15, 0.2) is 42.5 Å². The molecule has 3 nitrogen and oxygen atoms in total. The fourth-order valence-electron chi connectivity index (χ4n) is 4.06. The first-order valence-electron chi connectivity index (χ1n) is 9.93. The van der Waals surface area contributed by atoms with Gasteiger partial charge in [-0.2, -0.15) is 0 Å². The molecule has 136 valence electrons. The van der Waals surface area contributed by atoms with Crippen molar-refractivity contribution >= 4 is 11.0 Å². The van der Waals surface area contributed by atoms with Gasteiger partial charge in [0.05, 0.1) is 17.6 Å². The van der Waals surface area contributed by atoms with Gasteiger partial charge in [-0.1, -0.05) is 48.7 Å². The minimum atomic E-state index is 0.900. The highest BCUT2D eigenvalue weighted by Crippen LogP contribution is 2.22. The predicted molar refractivity (Wildman–Crippen MR) is 108 cm³/mol. The molecule has 0 unspecified atom stereocenters. The topological polar surface area (TPSA) is 21.1 Å². The average molecular weight is 348 g/mol. The number of aromatic nitrogens is 2. The number of hydrogen-bond acceptors (Lipinski definition) is 2. The summed E-state index contributed by atoms with van der Waals surface area (Å²) in [6.07, 6.45) is 5.37. The molecular weight excluding hydrogens is 318 g/mol. The van der Waals surface area contributed by atoms with Gasteiger partial charge in [0.2, 0.25) is 0 Å². The van der Waals surface area contributed by atoms with Crippen molar-refractivity contribution in [2.75, 3.05) is 13.1 Å². The van der Waals surface area contributed by atoms with Gasteiger partial charge in [0, 0.05) is 6.54 Å². The Morgan fingerprint density at radius 1 is 0.885 bits per heavy atom. The molecule has 1 aromatic heterocycles. The summed E-state index contributed by atoms with van der Waals surface area (Å²) in [4.78, 5) is 7.60. The monoisotopic (exact) mass is 347 g/mol. The summed E-state index contributed by atoms with van der Waals surface area (Å²) in [5.41, 5.74) is 6.43. The second-order valence-corrected chi connectivity index (χ2v) is 7.72. The molecule has 0 bridgehead atoms. The number of aryl methyl sites for hydroxylation is 2. The smallest absolute Gasteiger partial charge is 0.124 e. The molecule has 0 spiro atoms. The molecule has 0 radical (unpaired) electrons. The Morgan fingerprint density at radius 3 is 2.46 bits per heavy atom. The summed E-state index contributed by atoms with van der Waals surface area (Å²) >= 11 is 0. The molecule has 26 heavy (non-hydrogen) atoms. The molecule has 4 rings (SSSR count). The molecule has 2 heterocycles. The third-order valence-corrected chi connectivity index (χ3v) is 5.63. The molecule has 2 aromatic carbocycles. The first-order valence-corrected chi connectivity index (χ1v) is 9.93. The minimum absolute atomic E-state index is 0.900. The van der Waals surface area contributed by atoms with Gasteiger partial charge < -0.3 is 4.57 Å². The van der Waals surface area contributed by atoms with Crippen molar-refractivity contribution in [1.29, 1.82) is 0 Å². The molecule has 0 aliphatic carbocycles. The molecule has 3 heteroatoms. The van der Waals surface area contributed by atoms with Crippen LogP contribution in [-0.2, 0) is 13.1 Å². The maximum atomic E-state index is 5.01. The molecule has 0 N–H and O–H groups in total. The van der Waals surface area contributed by atoms with Crippen molar-refractivity contribution < 1.29 is 0 Å². The Kier molecular flexibility index (Phi) is 5.07. The lowest BCUT2D eigenvalue weighted by molar-refractivity contribution is 0.267. The minimum Gasteiger partial charge on any atom is -0.322 e. The number of benzene rings is 2. The Bertz CT molecular complexity index is 886. The van der Waals surface area contributed by atoms with E-state index >= 15 is 0 Å². The molecule has 1 fully saturated rings. The number of hydrogen-bond donors (Lipinski definition) is 0. The second-order valence-electron chi connectivity index (χ2n) is 7.72. The van der Waals surface area contributed by atoms with Crippen LogP contribution in [0.4, 0.5) is 0 Å². The van der Waals surface area contributed by atoms with E-state index in [1.807, 2.05) is 0 Å². The van der Waals surface area contributed by atoms with Crippen molar-refractivity contribution in [2.24, 2.45) is 0 Å². The zero-order chi connectivity index (χ0) is 17.9. The van der Waals surface area contributed by atoms with E-state index in [4.69, 9.17) is 4.98 Å². The van der Waals surface area contributed by atoms with Crippen LogP contribution in [-0.4, -0.2) is 27.5 Å². The first kappa shape index (κ1) is 17.3. The van der Waals surface area contributed by atoms with Crippen LogP contribution in [0.1, 0.15) is 48.2 Å². The highest BCUT2D eigenvalue weighted by molar-refractivity contribution is 5.76. The SMILES string of the molecule is Cc1ccc(C)c(Cn2c(CN3CCCCCC3)nc3ccccc32)c1. The van der Waals surface area contributed by atoms with Crippen molar-refractivity contribution in [3.63, 3.8) is 0 Å². The van der Waals surface area contributed by atoms with Crippen LogP contribution >= 0.6 is 0 Å². The number of imidazole rings is 1. The summed E-state index contributed by atoms with van der Waals surface area (Å²) in [7, 11) is 0. The summed E-state index contributed by atoms with van der Waals surface area (Å²) in [6, 6.07) is 15.3. The highest BCUT2D eigenvalue weighted by atomic mass is 15.2. The standard InChI is InChI=1S/C23H29N3/c1-18-11-12-19(2)20(15-18)16-26-22-10-6-5-9-21(22)24-23(26)17-25-13-7-3-4-8-14-25/h5-6,9-12,15H,3-4,7-8,13-14,16-17H2,1-2H3. The number of rotatable bonds is 4. The molecule has 3 aromatic rings. The zero-order valence-corrected chi connectivity index (χ0v) is 16.0. The van der Waals surface area contributed by atoms with Crippen LogP contribution < -0.4 is 0 Å². The Hall–Kier alpha value is -2.13. The number of para-hydroxylation sites is 2. The second kappa shape index (κ2) is 7.63. The highest BCUT2D eigenvalue weighted by Gasteiger charge is 2.16. The van der Waals surface area contributed by atoms with Gasteiger partial charge in [-0.05, 0) is 63.0 Å². The van der Waals surface area contributed by atoms with Crippen molar-refractivity contribution in [1.82, 2.24) is 14.5 Å². The van der Waals surface area contributed by atoms with Gasteiger partial charge in [0.25, 0.3) is 0 Å². The lowest BCUT2D eigenvalue weighted by Crippen LogP contribution is -2.26. The molecule has 0 atom stereocenters. The van der Waals surface area contributed by atoms with Crippen LogP contribution in [0.25, 0.3) is 11.0 Å². The van der Waals surface area contributed by atoms with Crippen molar-refractivity contribution in [2.45, 2.75) is 52.6 Å². The van der Waals surface area contributed by atoms with Crippen LogP contribution in [0.5, 0.6) is 0 Å². The third kappa shape index (κ3) is 3.68. The third-order valence-electron chi connectivity index (χ3n) is 5.63. The molecular formula is C23H29N3. The lowest BCUT2D eigenvalue weighted by atomic mass is 10.1. The Morgan fingerprint density at radius 2 is 1.65 bits per heavy atom. The van der Waals surface area contributed by atoms with Gasteiger partial charge >= 0.3 is 0 Å². The summed E-state index contributed by atoms with van der Waals surface area (Å²) < 4.78 is 2.43. The lowest BCUT2D eigenvalue weighted by Gasteiger charge is -2.20. The largest absolute Gasteiger partial charge is 0.322 e. The molecule has 1 aliphatic rings. The number of likely N-dealkylation sites (tertiary alicyclic amines) is 1. The van der Waals surface area contributed by atoms with Crippen molar-refractivity contribution in [3.05, 3.63) is 65.0 Å². The van der Waals surface area contributed by atoms with Crippen LogP contribution in [0, 0.1) is 13.8 Å². The Balaban J connectivity index is 1.70. The maximum Gasteiger partial charge on any atom is 0.124 e. The van der Waals surface area contributed by atoms with Crippen LogP contribution in [0.2, 0.25) is 0 Å². The van der Waals surface area contributed by atoms with Gasteiger partial charge in [-0.25, -0.2) is 4.98 Å². The van der Waals surface area contributed by atoms with Crippen LogP contribution in [0.3, 0.4) is 0 Å². The molecule has 0 saturated carbocycles. The quantitative estimate of drug-likeness (QED) is 0.656. The Labute approximate surface area is 156 Å². The molecule has 1 saturated heterocycles. The van der Waals surface area contributed by atoms with Gasteiger partial charge in [0.1, 0.15) is 5.82 Å². The van der Waals surface area contributed by atoms with Gasteiger partial charge in [-0.3, -0.25) is 4.90 Å². The number of fused-ring (bicyclic) bond motifs is 1. The number of nitrogens with zero attached hydrogens (tertiary/aromatic N) is 3. The van der Waals surface area contributed by atoms with E-state index in [1.165, 1.54) is 66.8 Å². The molecule has 1 aliphatic heterocycles. The summed E-state index contributed by atoms with van der Waals surface area (Å²) in [5, 5.41) is 0. The van der Waals surface area contributed by atoms with E-state index in [2.05, 4.69) is 65.8 Å². The van der Waals surface area contributed by atoms with E-state index in [-0.39, 0.29) is 0 Å². The van der Waals surface area contributed by atoms with E-state index < -0.39 is 0 Å². The average Bonchev–Trinajstić information content (AvgIpc) is 2.80.